The number of aromatic nitrogens is 2. The lowest BCUT2D eigenvalue weighted by molar-refractivity contribution is 0.0704. The van der Waals surface area contributed by atoms with Crippen molar-refractivity contribution in [3.63, 3.8) is 0 Å². The van der Waals surface area contributed by atoms with Crippen molar-refractivity contribution in [1.82, 2.24) is 15.0 Å². The number of nitrogens with zero attached hydrogens (tertiary/aromatic N) is 3. The molecule has 138 valence electrons. The summed E-state index contributed by atoms with van der Waals surface area (Å²) < 4.78 is 19.4. The highest BCUT2D eigenvalue weighted by Gasteiger charge is 2.28. The number of likely N-dealkylation sites (tertiary alicyclic amines) is 1. The van der Waals surface area contributed by atoms with Gasteiger partial charge in [-0.3, -0.25) is 4.79 Å². The Bertz CT molecular complexity index is 933. The molecule has 0 unspecified atom stereocenters. The maximum Gasteiger partial charge on any atom is 0.253 e. The van der Waals surface area contributed by atoms with Crippen LogP contribution < -0.4 is 0 Å². The van der Waals surface area contributed by atoms with Crippen molar-refractivity contribution in [2.45, 2.75) is 18.8 Å². The lowest BCUT2D eigenvalue weighted by Crippen LogP contribution is -2.37. The van der Waals surface area contributed by atoms with Crippen LogP contribution in [0.5, 0.6) is 0 Å². The Morgan fingerprint density at radius 2 is 1.74 bits per heavy atom. The summed E-state index contributed by atoms with van der Waals surface area (Å²) in [5, 5.41) is 4.01. The van der Waals surface area contributed by atoms with Crippen LogP contribution in [0.2, 0.25) is 0 Å². The number of rotatable bonds is 3. The predicted octanol–water partition coefficient (Wildman–Crippen LogP) is 4.66. The third-order valence-electron chi connectivity index (χ3n) is 4.77. The van der Waals surface area contributed by atoms with Crippen molar-refractivity contribution in [2.24, 2.45) is 0 Å². The highest BCUT2D eigenvalue weighted by Crippen LogP contribution is 2.29. The van der Waals surface area contributed by atoms with E-state index in [1.165, 1.54) is 12.1 Å². The van der Waals surface area contributed by atoms with E-state index >= 15 is 0 Å². The van der Waals surface area contributed by atoms with Crippen molar-refractivity contribution in [1.29, 1.82) is 0 Å². The molecule has 0 saturated carbocycles. The van der Waals surface area contributed by atoms with Gasteiger partial charge < -0.3 is 9.42 Å². The quantitative estimate of drug-likeness (QED) is 0.607. The van der Waals surface area contributed by atoms with Gasteiger partial charge >= 0.3 is 0 Å². The average Bonchev–Trinajstić information content (AvgIpc) is 3.19. The molecule has 0 spiro atoms. The van der Waals surface area contributed by atoms with Crippen LogP contribution in [0.25, 0.3) is 11.4 Å². The Balaban J connectivity index is 1.40. The molecule has 0 aliphatic carbocycles. The Kier molecular flexibility index (Phi) is 5.03. The summed E-state index contributed by atoms with van der Waals surface area (Å²) in [4.78, 5) is 18.9. The van der Waals surface area contributed by atoms with Gasteiger partial charge in [0.2, 0.25) is 11.7 Å². The van der Waals surface area contributed by atoms with E-state index in [2.05, 4.69) is 26.1 Å². The number of benzene rings is 2. The minimum atomic E-state index is -0.301. The summed E-state index contributed by atoms with van der Waals surface area (Å²) in [6.45, 7) is 1.29. The van der Waals surface area contributed by atoms with Gasteiger partial charge in [-0.1, -0.05) is 21.1 Å². The number of piperidine rings is 1. The predicted molar refractivity (Wildman–Crippen MR) is 102 cm³/mol. The summed E-state index contributed by atoms with van der Waals surface area (Å²) in [7, 11) is 0. The highest BCUT2D eigenvalue weighted by molar-refractivity contribution is 9.10. The van der Waals surface area contributed by atoms with E-state index < -0.39 is 0 Å². The molecule has 0 N–H and O–H groups in total. The molecular formula is C20H17BrFN3O2. The minimum absolute atomic E-state index is 0.0403. The van der Waals surface area contributed by atoms with Crippen molar-refractivity contribution in [3.8, 4) is 11.4 Å². The molecule has 4 rings (SSSR count). The van der Waals surface area contributed by atoms with E-state index in [9.17, 15) is 9.18 Å². The fourth-order valence-corrected chi connectivity index (χ4v) is 3.49. The Morgan fingerprint density at radius 1 is 1.07 bits per heavy atom. The standard InChI is InChI=1S/C20H17BrFN3O2/c21-16-5-1-15(2-6-16)20(26)25-11-9-14(10-12-25)19-23-18(24-27-19)13-3-7-17(22)8-4-13/h1-8,14H,9-12H2. The van der Waals surface area contributed by atoms with Gasteiger partial charge in [0.25, 0.3) is 5.91 Å². The lowest BCUT2D eigenvalue weighted by Gasteiger charge is -2.30. The number of carbonyl (C=O) groups excluding carboxylic acids is 1. The van der Waals surface area contributed by atoms with Gasteiger partial charge in [0.15, 0.2) is 0 Å². The van der Waals surface area contributed by atoms with Crippen LogP contribution in [-0.2, 0) is 0 Å². The SMILES string of the molecule is O=C(c1ccc(Br)cc1)N1CCC(c2nc(-c3ccc(F)cc3)no2)CC1. The number of amides is 1. The lowest BCUT2D eigenvalue weighted by atomic mass is 9.96. The third kappa shape index (κ3) is 3.93. The van der Waals surface area contributed by atoms with E-state index in [0.29, 0.717) is 35.9 Å². The molecule has 1 aromatic heterocycles. The zero-order chi connectivity index (χ0) is 18.8. The van der Waals surface area contributed by atoms with E-state index in [0.717, 1.165) is 17.3 Å². The molecule has 2 heterocycles. The molecule has 1 aliphatic rings. The van der Waals surface area contributed by atoms with Crippen LogP contribution in [0.3, 0.4) is 0 Å². The molecule has 2 aromatic carbocycles. The Hall–Kier alpha value is -2.54. The fourth-order valence-electron chi connectivity index (χ4n) is 3.22. The second-order valence-electron chi connectivity index (χ2n) is 6.54. The van der Waals surface area contributed by atoms with Gasteiger partial charge in [0.05, 0.1) is 0 Å². The average molecular weight is 430 g/mol. The molecule has 1 amide bonds. The second kappa shape index (κ2) is 7.60. The molecule has 7 heteroatoms. The smallest absolute Gasteiger partial charge is 0.253 e. The topological polar surface area (TPSA) is 59.2 Å². The van der Waals surface area contributed by atoms with Gasteiger partial charge in [0.1, 0.15) is 5.82 Å². The number of halogens is 2. The molecule has 0 radical (unpaired) electrons. The molecule has 5 nitrogen and oxygen atoms in total. The highest BCUT2D eigenvalue weighted by atomic mass is 79.9. The summed E-state index contributed by atoms with van der Waals surface area (Å²) in [6.07, 6.45) is 1.54. The molecule has 1 aliphatic heterocycles. The fraction of sp³-hybridized carbons (Fsp3) is 0.250. The molecular weight excluding hydrogens is 413 g/mol. The largest absolute Gasteiger partial charge is 0.339 e. The number of carbonyl (C=O) groups is 1. The van der Waals surface area contributed by atoms with Crippen molar-refractivity contribution in [2.75, 3.05) is 13.1 Å². The first-order chi connectivity index (χ1) is 13.1. The maximum atomic E-state index is 13.0. The summed E-state index contributed by atoms with van der Waals surface area (Å²) in [6, 6.07) is 13.4. The van der Waals surface area contributed by atoms with Crippen LogP contribution in [0.4, 0.5) is 4.39 Å². The maximum absolute atomic E-state index is 13.0. The zero-order valence-corrected chi connectivity index (χ0v) is 16.0. The van der Waals surface area contributed by atoms with Crippen molar-refractivity contribution in [3.05, 3.63) is 70.3 Å². The molecule has 1 saturated heterocycles. The molecule has 1 fully saturated rings. The van der Waals surface area contributed by atoms with Crippen LogP contribution >= 0.6 is 15.9 Å². The van der Waals surface area contributed by atoms with Crippen LogP contribution in [-0.4, -0.2) is 34.0 Å². The summed E-state index contributed by atoms with van der Waals surface area (Å²) in [5.74, 6) is 0.896. The zero-order valence-electron chi connectivity index (χ0n) is 14.4. The van der Waals surface area contributed by atoms with E-state index in [-0.39, 0.29) is 17.6 Å². The van der Waals surface area contributed by atoms with Crippen molar-refractivity contribution < 1.29 is 13.7 Å². The monoisotopic (exact) mass is 429 g/mol. The second-order valence-corrected chi connectivity index (χ2v) is 7.45. The summed E-state index contributed by atoms with van der Waals surface area (Å²) >= 11 is 3.38. The van der Waals surface area contributed by atoms with E-state index in [4.69, 9.17) is 4.52 Å². The Labute approximate surface area is 164 Å². The van der Waals surface area contributed by atoms with Crippen molar-refractivity contribution >= 4 is 21.8 Å². The van der Waals surface area contributed by atoms with Gasteiger partial charge in [0, 0.05) is 34.6 Å². The first-order valence-electron chi connectivity index (χ1n) is 8.74. The van der Waals surface area contributed by atoms with Gasteiger partial charge in [-0.25, -0.2) is 4.39 Å². The Morgan fingerprint density at radius 3 is 2.41 bits per heavy atom. The van der Waals surface area contributed by atoms with Crippen LogP contribution in [0.15, 0.2) is 57.5 Å². The van der Waals surface area contributed by atoms with Crippen LogP contribution in [0, 0.1) is 5.82 Å². The third-order valence-corrected chi connectivity index (χ3v) is 5.30. The first kappa shape index (κ1) is 17.9. The number of hydrogen-bond acceptors (Lipinski definition) is 4. The first-order valence-corrected chi connectivity index (χ1v) is 9.54. The van der Waals surface area contributed by atoms with Gasteiger partial charge in [-0.2, -0.15) is 4.98 Å². The van der Waals surface area contributed by atoms with Gasteiger partial charge in [-0.05, 0) is 61.4 Å². The molecule has 3 aromatic rings. The van der Waals surface area contributed by atoms with E-state index in [1.54, 1.807) is 12.1 Å². The van der Waals surface area contributed by atoms with E-state index in [1.807, 2.05) is 29.2 Å². The molecule has 0 bridgehead atoms. The normalized spacial score (nSPS) is 15.1. The minimum Gasteiger partial charge on any atom is -0.339 e. The number of hydrogen-bond donors (Lipinski definition) is 0. The van der Waals surface area contributed by atoms with Gasteiger partial charge in [-0.15, -0.1) is 0 Å². The molecule has 0 atom stereocenters. The van der Waals surface area contributed by atoms with Crippen LogP contribution in [0.1, 0.15) is 35.0 Å². The molecule has 27 heavy (non-hydrogen) atoms. The summed E-state index contributed by atoms with van der Waals surface area (Å²) in [5.41, 5.74) is 1.40.